The van der Waals surface area contributed by atoms with Gasteiger partial charge in [-0.15, -0.1) is 17.0 Å². The first-order valence-electron chi connectivity index (χ1n) is 16.1. The molecule has 1 N–H and O–H groups in total. The average molecular weight is 789 g/mol. The lowest BCUT2D eigenvalue weighted by Crippen LogP contribution is -2.48. The number of fused-ring (bicyclic) bond motifs is 1. The third kappa shape index (κ3) is 8.37. The van der Waals surface area contributed by atoms with E-state index >= 15 is 0 Å². The number of ether oxygens (including phenoxy) is 2. The fourth-order valence-electron chi connectivity index (χ4n) is 5.78. The van der Waals surface area contributed by atoms with Gasteiger partial charge in [-0.05, 0) is 61.0 Å². The summed E-state index contributed by atoms with van der Waals surface area (Å²) in [5.74, 6) is -4.01. The Bertz CT molecular complexity index is 2050. The molecule has 0 spiro atoms. The Morgan fingerprint density at radius 1 is 0.885 bits per heavy atom. The number of carbonyl (C=O) groups is 2. The van der Waals surface area contributed by atoms with Gasteiger partial charge in [0, 0.05) is 62.3 Å². The van der Waals surface area contributed by atoms with E-state index in [0.29, 0.717) is 56.0 Å². The molecule has 6 rings (SSSR count). The number of benzene rings is 3. The summed E-state index contributed by atoms with van der Waals surface area (Å²) in [6, 6.07) is 17.8. The molecule has 0 atom stereocenters. The van der Waals surface area contributed by atoms with Gasteiger partial charge in [0.1, 0.15) is 36.4 Å². The molecule has 274 valence electrons. The van der Waals surface area contributed by atoms with Gasteiger partial charge in [0.25, 0.3) is 11.8 Å². The van der Waals surface area contributed by atoms with Gasteiger partial charge in [0.05, 0.1) is 17.4 Å². The van der Waals surface area contributed by atoms with E-state index in [1.54, 1.807) is 30.3 Å². The van der Waals surface area contributed by atoms with Crippen LogP contribution in [0.4, 0.5) is 27.6 Å². The highest BCUT2D eigenvalue weighted by molar-refractivity contribution is 8.93. The van der Waals surface area contributed by atoms with Crippen LogP contribution < -0.4 is 14.8 Å². The molecule has 0 bridgehead atoms. The van der Waals surface area contributed by atoms with E-state index in [1.165, 1.54) is 18.3 Å². The molecule has 1 fully saturated rings. The number of rotatable bonds is 11. The van der Waals surface area contributed by atoms with Gasteiger partial charge in [-0.1, -0.05) is 12.1 Å². The smallest absolute Gasteiger partial charge is 0.270 e. The number of alkyl halides is 2. The molecule has 3 heterocycles. The summed E-state index contributed by atoms with van der Waals surface area (Å²) in [5.41, 5.74) is 1.23. The zero-order chi connectivity index (χ0) is 36.2. The molecular formula is C37H35BrF5N5O4. The summed E-state index contributed by atoms with van der Waals surface area (Å²) in [5, 5.41) is 3.14. The predicted octanol–water partition coefficient (Wildman–Crippen LogP) is 7.57. The Hall–Kier alpha value is -5.02. The minimum Gasteiger partial charge on any atom is -0.485 e. The number of anilines is 1. The molecule has 2 aromatic heterocycles. The topological polar surface area (TPSA) is 88.9 Å². The van der Waals surface area contributed by atoms with E-state index in [2.05, 4.69) is 15.2 Å². The number of amides is 2. The van der Waals surface area contributed by atoms with Crippen molar-refractivity contribution in [1.82, 2.24) is 19.4 Å². The highest BCUT2D eigenvalue weighted by Gasteiger charge is 2.25. The number of hydrogen-bond acceptors (Lipinski definition) is 6. The largest absolute Gasteiger partial charge is 0.485 e. The van der Waals surface area contributed by atoms with Crippen molar-refractivity contribution in [2.24, 2.45) is 7.05 Å². The van der Waals surface area contributed by atoms with Crippen LogP contribution in [0.25, 0.3) is 10.9 Å². The molecule has 0 radical (unpaired) electrons. The van der Waals surface area contributed by atoms with Gasteiger partial charge in [0.2, 0.25) is 5.88 Å². The number of halogens is 6. The lowest BCUT2D eigenvalue weighted by Gasteiger charge is -2.34. The monoisotopic (exact) mass is 787 g/mol. The lowest BCUT2D eigenvalue weighted by atomic mass is 10.1. The van der Waals surface area contributed by atoms with Gasteiger partial charge in [-0.2, -0.15) is 0 Å². The molecule has 1 aliphatic rings. The average Bonchev–Trinajstić information content (AvgIpc) is 3.47. The fraction of sp³-hybridized carbons (Fsp3) is 0.270. The Morgan fingerprint density at radius 2 is 1.58 bits per heavy atom. The van der Waals surface area contributed by atoms with Crippen molar-refractivity contribution in [2.45, 2.75) is 19.6 Å². The van der Waals surface area contributed by atoms with Gasteiger partial charge >= 0.3 is 0 Å². The summed E-state index contributed by atoms with van der Waals surface area (Å²) < 4.78 is 80.6. The third-order valence-electron chi connectivity index (χ3n) is 8.72. The Kier molecular flexibility index (Phi) is 12.2. The van der Waals surface area contributed by atoms with Gasteiger partial charge in [0.15, 0.2) is 17.7 Å². The summed E-state index contributed by atoms with van der Waals surface area (Å²) in [4.78, 5) is 34.2. The van der Waals surface area contributed by atoms with E-state index in [4.69, 9.17) is 9.47 Å². The van der Waals surface area contributed by atoms with Crippen molar-refractivity contribution in [3.63, 3.8) is 0 Å². The zero-order valence-electron chi connectivity index (χ0n) is 28.2. The number of nitrogens with one attached hydrogen (secondary N) is 1. The second kappa shape index (κ2) is 16.5. The molecule has 9 nitrogen and oxygen atoms in total. The molecule has 0 aliphatic carbocycles. The summed E-state index contributed by atoms with van der Waals surface area (Å²) >= 11 is 0. The van der Waals surface area contributed by atoms with Crippen LogP contribution in [0.3, 0.4) is 0 Å². The van der Waals surface area contributed by atoms with Crippen LogP contribution in [-0.4, -0.2) is 76.8 Å². The number of pyridine rings is 1. The second-order valence-electron chi connectivity index (χ2n) is 12.2. The standard InChI is InChI=1S/C37H34F5N5O4.BrH/c1-22-30(40)17-29(35(42)34(22)41)36(48)44-25-5-10-33(43-20-25)51-27-8-9-31-24(15-27)16-32(45(31)2)37(49)47-13-11-46(12-14-47)21-23-3-6-26(7-4-23)50-28(18-38)19-39;/h3-10,15-17,20,28H,11-14,18-19,21H2,1-2H3,(H,44,48);1H. The van der Waals surface area contributed by atoms with E-state index in [-0.39, 0.29) is 34.5 Å². The zero-order valence-corrected chi connectivity index (χ0v) is 29.9. The first kappa shape index (κ1) is 38.2. The number of piperazine rings is 1. The normalized spacial score (nSPS) is 13.3. The summed E-state index contributed by atoms with van der Waals surface area (Å²) in [6.07, 6.45) is 0.158. The number of hydrogen-bond donors (Lipinski definition) is 1. The fourth-order valence-corrected chi connectivity index (χ4v) is 5.78. The van der Waals surface area contributed by atoms with Gasteiger partial charge < -0.3 is 24.3 Å². The predicted molar refractivity (Wildman–Crippen MR) is 191 cm³/mol. The molecule has 52 heavy (non-hydrogen) atoms. The van der Waals surface area contributed by atoms with E-state index in [1.807, 2.05) is 34.7 Å². The minimum atomic E-state index is -1.45. The van der Waals surface area contributed by atoms with Crippen molar-refractivity contribution < 1.29 is 41.0 Å². The van der Waals surface area contributed by atoms with Crippen LogP contribution in [0.1, 0.15) is 32.0 Å². The van der Waals surface area contributed by atoms with Crippen molar-refractivity contribution in [3.05, 3.63) is 113 Å². The Morgan fingerprint density at radius 3 is 2.23 bits per heavy atom. The van der Waals surface area contributed by atoms with Crippen LogP contribution in [0, 0.1) is 24.4 Å². The molecule has 3 aromatic carbocycles. The first-order chi connectivity index (χ1) is 24.5. The molecule has 1 aliphatic heterocycles. The third-order valence-corrected chi connectivity index (χ3v) is 8.72. The van der Waals surface area contributed by atoms with Crippen LogP contribution in [0.2, 0.25) is 0 Å². The maximum Gasteiger partial charge on any atom is 0.270 e. The highest BCUT2D eigenvalue weighted by atomic mass is 79.9. The van der Waals surface area contributed by atoms with E-state index < -0.39 is 53.9 Å². The van der Waals surface area contributed by atoms with Crippen molar-refractivity contribution in [2.75, 3.05) is 44.8 Å². The van der Waals surface area contributed by atoms with Gasteiger partial charge in [-0.25, -0.2) is 26.9 Å². The molecule has 0 unspecified atom stereocenters. The van der Waals surface area contributed by atoms with Gasteiger partial charge in [-0.3, -0.25) is 14.5 Å². The second-order valence-corrected chi connectivity index (χ2v) is 12.2. The highest BCUT2D eigenvalue weighted by Crippen LogP contribution is 2.28. The first-order valence-corrected chi connectivity index (χ1v) is 16.1. The summed E-state index contributed by atoms with van der Waals surface area (Å²) in [7, 11) is 1.82. The lowest BCUT2D eigenvalue weighted by molar-refractivity contribution is 0.0619. The Balaban J connectivity index is 0.00000523. The molecule has 5 aromatic rings. The summed E-state index contributed by atoms with van der Waals surface area (Å²) in [6.45, 7) is 2.38. The van der Waals surface area contributed by atoms with Crippen LogP contribution in [0.15, 0.2) is 72.9 Å². The minimum absolute atomic E-state index is 0. The van der Waals surface area contributed by atoms with Crippen LogP contribution in [0.5, 0.6) is 17.4 Å². The number of nitrogens with zero attached hydrogens (tertiary/aromatic N) is 4. The van der Waals surface area contributed by atoms with Crippen LogP contribution >= 0.6 is 17.0 Å². The quantitative estimate of drug-likeness (QED) is 0.110. The number of aryl methyl sites for hydroxylation is 1. The maximum atomic E-state index is 14.2. The molecule has 1 saturated heterocycles. The molecule has 0 saturated carbocycles. The Labute approximate surface area is 306 Å². The molecule has 2 amide bonds. The van der Waals surface area contributed by atoms with E-state index in [9.17, 15) is 31.5 Å². The van der Waals surface area contributed by atoms with Crippen molar-refractivity contribution >= 4 is 45.4 Å². The number of carbonyl (C=O) groups excluding carboxylic acids is 2. The molecular weight excluding hydrogens is 753 g/mol. The van der Waals surface area contributed by atoms with Crippen molar-refractivity contribution in [1.29, 1.82) is 0 Å². The SMILES string of the molecule is Br.Cc1c(F)cc(C(=O)Nc2ccc(Oc3ccc4c(c3)cc(C(=O)N3CCN(Cc5ccc(OC(CF)CF)cc5)CC3)n4C)nc2)c(F)c1F. The molecule has 15 heteroatoms. The van der Waals surface area contributed by atoms with E-state index in [0.717, 1.165) is 23.4 Å². The maximum absolute atomic E-state index is 14.2. The van der Waals surface area contributed by atoms with Crippen LogP contribution in [-0.2, 0) is 13.6 Å². The number of aromatic nitrogens is 2. The van der Waals surface area contributed by atoms with Crippen molar-refractivity contribution in [3.8, 4) is 17.4 Å².